The van der Waals surface area contributed by atoms with E-state index >= 15 is 0 Å². The number of nitro benzene ring substituents is 1. The Kier molecular flexibility index (Phi) is 5.41. The lowest BCUT2D eigenvalue weighted by molar-refractivity contribution is -0.385. The van der Waals surface area contributed by atoms with Crippen LogP contribution in [0, 0.1) is 17.0 Å². The predicted molar refractivity (Wildman–Crippen MR) is 85.1 cm³/mol. The monoisotopic (exact) mass is 334 g/mol. The Balaban J connectivity index is 1.99. The molecule has 128 valence electrons. The van der Waals surface area contributed by atoms with E-state index in [2.05, 4.69) is 0 Å². The van der Waals surface area contributed by atoms with Gasteiger partial charge in [-0.25, -0.2) is 0 Å². The van der Waals surface area contributed by atoms with Gasteiger partial charge in [0.15, 0.2) is 12.4 Å². The van der Waals surface area contributed by atoms with E-state index in [9.17, 15) is 14.9 Å². The molecule has 0 aliphatic rings. The number of ether oxygens (including phenoxy) is 2. The summed E-state index contributed by atoms with van der Waals surface area (Å²) >= 11 is 0. The van der Waals surface area contributed by atoms with Crippen LogP contribution >= 0.6 is 0 Å². The van der Waals surface area contributed by atoms with Crippen LogP contribution in [0.1, 0.15) is 11.5 Å². The van der Waals surface area contributed by atoms with E-state index in [-0.39, 0.29) is 24.0 Å². The van der Waals surface area contributed by atoms with Crippen LogP contribution in [0.25, 0.3) is 0 Å². The van der Waals surface area contributed by atoms with Gasteiger partial charge in [-0.1, -0.05) is 0 Å². The van der Waals surface area contributed by atoms with Crippen molar-refractivity contribution in [1.82, 2.24) is 4.90 Å². The Labute approximate surface area is 138 Å². The molecule has 0 saturated heterocycles. The summed E-state index contributed by atoms with van der Waals surface area (Å²) in [7, 11) is 3.01. The summed E-state index contributed by atoms with van der Waals surface area (Å²) < 4.78 is 15.7. The summed E-state index contributed by atoms with van der Waals surface area (Å²) in [6.45, 7) is 1.79. The molecule has 1 amide bonds. The molecule has 1 heterocycles. The molecule has 0 atom stereocenters. The average molecular weight is 334 g/mol. The number of benzene rings is 1. The first-order valence-electron chi connectivity index (χ1n) is 7.15. The molecule has 0 aliphatic carbocycles. The van der Waals surface area contributed by atoms with Crippen molar-refractivity contribution in [3.05, 3.63) is 52.0 Å². The molecule has 0 fully saturated rings. The lowest BCUT2D eigenvalue weighted by atomic mass is 10.3. The number of aryl methyl sites for hydroxylation is 1. The molecule has 0 unspecified atom stereocenters. The van der Waals surface area contributed by atoms with Crippen molar-refractivity contribution < 1.29 is 23.6 Å². The molecule has 2 rings (SSSR count). The van der Waals surface area contributed by atoms with Crippen LogP contribution in [-0.2, 0) is 11.3 Å². The quantitative estimate of drug-likeness (QED) is 0.570. The Morgan fingerprint density at radius 3 is 2.67 bits per heavy atom. The topological polar surface area (TPSA) is 95.1 Å². The summed E-state index contributed by atoms with van der Waals surface area (Å²) in [5.41, 5.74) is -0.258. The molecular formula is C16H18N2O6. The molecule has 0 spiro atoms. The van der Waals surface area contributed by atoms with Crippen LogP contribution in [-0.4, -0.2) is 36.5 Å². The highest BCUT2D eigenvalue weighted by atomic mass is 16.6. The number of carbonyl (C=O) groups is 1. The minimum absolute atomic E-state index is 0.0105. The minimum Gasteiger partial charge on any atom is -0.496 e. The van der Waals surface area contributed by atoms with Gasteiger partial charge in [0.2, 0.25) is 0 Å². The van der Waals surface area contributed by atoms with Gasteiger partial charge in [-0.05, 0) is 31.2 Å². The Morgan fingerprint density at radius 1 is 1.33 bits per heavy atom. The van der Waals surface area contributed by atoms with E-state index in [0.717, 1.165) is 5.76 Å². The fourth-order valence-corrected chi connectivity index (χ4v) is 2.03. The van der Waals surface area contributed by atoms with E-state index in [1.54, 1.807) is 13.1 Å². The molecule has 0 saturated carbocycles. The van der Waals surface area contributed by atoms with E-state index in [1.165, 1.54) is 30.2 Å². The molecule has 0 bridgehead atoms. The van der Waals surface area contributed by atoms with Crippen molar-refractivity contribution in [2.45, 2.75) is 13.5 Å². The van der Waals surface area contributed by atoms with E-state index in [0.29, 0.717) is 18.1 Å². The SMILES string of the molecule is COc1ccc(OCC(=O)N(C)Cc2ccc(C)o2)c([N+](=O)[O-])c1. The zero-order valence-electron chi connectivity index (χ0n) is 13.6. The van der Waals surface area contributed by atoms with Crippen LogP contribution in [0.4, 0.5) is 5.69 Å². The van der Waals surface area contributed by atoms with Crippen molar-refractivity contribution in [1.29, 1.82) is 0 Å². The fraction of sp³-hybridized carbons (Fsp3) is 0.312. The first kappa shape index (κ1) is 17.3. The standard InChI is InChI=1S/C16H18N2O6/c1-11-4-5-13(24-11)9-17(2)16(19)10-23-15-7-6-12(22-3)8-14(15)18(20)21/h4-8H,9-10H2,1-3H3. The zero-order chi connectivity index (χ0) is 17.7. The summed E-state index contributed by atoms with van der Waals surface area (Å²) in [6.07, 6.45) is 0. The molecule has 0 N–H and O–H groups in total. The molecular weight excluding hydrogens is 316 g/mol. The number of rotatable bonds is 7. The molecule has 2 aromatic rings. The van der Waals surface area contributed by atoms with E-state index < -0.39 is 4.92 Å². The summed E-state index contributed by atoms with van der Waals surface area (Å²) in [6, 6.07) is 7.77. The smallest absolute Gasteiger partial charge is 0.314 e. The zero-order valence-corrected chi connectivity index (χ0v) is 13.6. The van der Waals surface area contributed by atoms with Crippen molar-refractivity contribution in [3.8, 4) is 11.5 Å². The fourth-order valence-electron chi connectivity index (χ4n) is 2.03. The molecule has 1 aromatic heterocycles. The molecule has 0 radical (unpaired) electrons. The predicted octanol–water partition coefficient (Wildman–Crippen LogP) is 2.54. The molecule has 0 aliphatic heterocycles. The van der Waals surface area contributed by atoms with E-state index in [1.807, 2.05) is 13.0 Å². The molecule has 8 heteroatoms. The number of methoxy groups -OCH3 is 1. The third-order valence-electron chi connectivity index (χ3n) is 3.33. The van der Waals surface area contributed by atoms with Gasteiger partial charge in [-0.15, -0.1) is 0 Å². The second-order valence-corrected chi connectivity index (χ2v) is 5.14. The first-order valence-corrected chi connectivity index (χ1v) is 7.15. The number of carbonyl (C=O) groups excluding carboxylic acids is 1. The maximum absolute atomic E-state index is 12.1. The van der Waals surface area contributed by atoms with Gasteiger partial charge < -0.3 is 18.8 Å². The van der Waals surface area contributed by atoms with Gasteiger partial charge in [-0.2, -0.15) is 0 Å². The Hall–Kier alpha value is -3.03. The highest BCUT2D eigenvalue weighted by Gasteiger charge is 2.19. The Bertz CT molecular complexity index is 740. The summed E-state index contributed by atoms with van der Waals surface area (Å²) in [4.78, 5) is 24.0. The second kappa shape index (κ2) is 7.49. The Morgan fingerprint density at radius 2 is 2.08 bits per heavy atom. The normalized spacial score (nSPS) is 10.3. The lowest BCUT2D eigenvalue weighted by Gasteiger charge is -2.16. The number of amides is 1. The van der Waals surface area contributed by atoms with Gasteiger partial charge in [0.1, 0.15) is 17.3 Å². The minimum atomic E-state index is -0.586. The number of hydrogen-bond donors (Lipinski definition) is 0. The van der Waals surface area contributed by atoms with Gasteiger partial charge in [0, 0.05) is 7.05 Å². The van der Waals surface area contributed by atoms with Crippen LogP contribution in [0.5, 0.6) is 11.5 Å². The summed E-state index contributed by atoms with van der Waals surface area (Å²) in [5.74, 6) is 1.44. The molecule has 1 aromatic carbocycles. The highest BCUT2D eigenvalue weighted by Crippen LogP contribution is 2.31. The molecule has 24 heavy (non-hydrogen) atoms. The molecule has 8 nitrogen and oxygen atoms in total. The van der Waals surface area contributed by atoms with Gasteiger partial charge >= 0.3 is 5.69 Å². The maximum atomic E-state index is 12.1. The van der Waals surface area contributed by atoms with Crippen molar-refractivity contribution >= 4 is 11.6 Å². The van der Waals surface area contributed by atoms with E-state index in [4.69, 9.17) is 13.9 Å². The second-order valence-electron chi connectivity index (χ2n) is 5.14. The largest absolute Gasteiger partial charge is 0.496 e. The lowest BCUT2D eigenvalue weighted by Crippen LogP contribution is -2.30. The average Bonchev–Trinajstić information content (AvgIpc) is 2.97. The third kappa shape index (κ3) is 4.25. The van der Waals surface area contributed by atoms with Gasteiger partial charge in [0.05, 0.1) is 24.6 Å². The van der Waals surface area contributed by atoms with Gasteiger partial charge in [-0.3, -0.25) is 14.9 Å². The number of furan rings is 1. The van der Waals surface area contributed by atoms with Crippen LogP contribution in [0.2, 0.25) is 0 Å². The van der Waals surface area contributed by atoms with Gasteiger partial charge in [0.25, 0.3) is 5.91 Å². The van der Waals surface area contributed by atoms with Crippen molar-refractivity contribution in [2.75, 3.05) is 20.8 Å². The number of nitro groups is 1. The number of hydrogen-bond acceptors (Lipinski definition) is 6. The van der Waals surface area contributed by atoms with Crippen LogP contribution in [0.3, 0.4) is 0 Å². The number of likely N-dealkylation sites (N-methyl/N-ethyl adjacent to an activating group) is 1. The van der Waals surface area contributed by atoms with Crippen LogP contribution in [0.15, 0.2) is 34.7 Å². The first-order chi connectivity index (χ1) is 11.4. The van der Waals surface area contributed by atoms with Crippen LogP contribution < -0.4 is 9.47 Å². The maximum Gasteiger partial charge on any atom is 0.314 e. The third-order valence-corrected chi connectivity index (χ3v) is 3.33. The number of nitrogens with zero attached hydrogens (tertiary/aromatic N) is 2. The van der Waals surface area contributed by atoms with Crippen molar-refractivity contribution in [3.63, 3.8) is 0 Å². The highest BCUT2D eigenvalue weighted by molar-refractivity contribution is 5.77. The van der Waals surface area contributed by atoms with Crippen molar-refractivity contribution in [2.24, 2.45) is 0 Å². The summed E-state index contributed by atoms with van der Waals surface area (Å²) in [5, 5.41) is 11.1.